The van der Waals surface area contributed by atoms with Gasteiger partial charge in [-0.25, -0.2) is 8.42 Å². The van der Waals surface area contributed by atoms with Crippen LogP contribution in [-0.2, 0) is 10.0 Å². The SMILES string of the molecule is Cc1ccc(NS(=O)(=O)c2ccc(C(=O)NCCN(C)C)cc2)cc1. The minimum Gasteiger partial charge on any atom is -0.351 e. The van der Waals surface area contributed by atoms with Crippen molar-refractivity contribution < 1.29 is 13.2 Å². The number of hydrogen-bond donors (Lipinski definition) is 2. The van der Waals surface area contributed by atoms with Crippen LogP contribution in [0.25, 0.3) is 0 Å². The van der Waals surface area contributed by atoms with E-state index >= 15 is 0 Å². The predicted molar refractivity (Wildman–Crippen MR) is 99.3 cm³/mol. The van der Waals surface area contributed by atoms with Gasteiger partial charge in [0.1, 0.15) is 0 Å². The molecule has 0 heterocycles. The molecule has 0 saturated carbocycles. The maximum atomic E-state index is 12.4. The largest absolute Gasteiger partial charge is 0.351 e. The van der Waals surface area contributed by atoms with Crippen molar-refractivity contribution in [1.29, 1.82) is 0 Å². The van der Waals surface area contributed by atoms with Gasteiger partial charge >= 0.3 is 0 Å². The molecule has 0 aliphatic rings. The number of anilines is 1. The van der Waals surface area contributed by atoms with Crippen LogP contribution in [0.5, 0.6) is 0 Å². The quantitative estimate of drug-likeness (QED) is 0.791. The summed E-state index contributed by atoms with van der Waals surface area (Å²) in [6.07, 6.45) is 0. The molecule has 0 spiro atoms. The molecule has 0 saturated heterocycles. The van der Waals surface area contributed by atoms with Crippen LogP contribution in [-0.4, -0.2) is 46.4 Å². The van der Waals surface area contributed by atoms with Crippen molar-refractivity contribution in [2.75, 3.05) is 31.9 Å². The Morgan fingerprint density at radius 3 is 2.16 bits per heavy atom. The van der Waals surface area contributed by atoms with Crippen molar-refractivity contribution in [1.82, 2.24) is 10.2 Å². The third-order valence-corrected chi connectivity index (χ3v) is 4.97. The number of nitrogens with one attached hydrogen (secondary N) is 2. The molecule has 0 atom stereocenters. The molecule has 0 aliphatic heterocycles. The average molecular weight is 361 g/mol. The number of likely N-dealkylation sites (N-methyl/N-ethyl adjacent to an activating group) is 1. The molecule has 2 aromatic rings. The molecule has 6 nitrogen and oxygen atoms in total. The first kappa shape index (κ1) is 19.0. The monoisotopic (exact) mass is 361 g/mol. The third kappa shape index (κ3) is 5.58. The van der Waals surface area contributed by atoms with E-state index in [1.807, 2.05) is 38.1 Å². The number of hydrogen-bond acceptors (Lipinski definition) is 4. The normalized spacial score (nSPS) is 11.4. The fraction of sp³-hybridized carbons (Fsp3) is 0.278. The molecule has 2 N–H and O–H groups in total. The lowest BCUT2D eigenvalue weighted by Gasteiger charge is -2.11. The van der Waals surface area contributed by atoms with Crippen molar-refractivity contribution in [3.8, 4) is 0 Å². The highest BCUT2D eigenvalue weighted by Crippen LogP contribution is 2.17. The van der Waals surface area contributed by atoms with E-state index in [2.05, 4.69) is 10.0 Å². The summed E-state index contributed by atoms with van der Waals surface area (Å²) in [5, 5.41) is 2.79. The van der Waals surface area contributed by atoms with Gasteiger partial charge in [-0.3, -0.25) is 9.52 Å². The lowest BCUT2D eigenvalue weighted by atomic mass is 10.2. The van der Waals surface area contributed by atoms with Gasteiger partial charge in [0.2, 0.25) is 0 Å². The summed E-state index contributed by atoms with van der Waals surface area (Å²) in [5.41, 5.74) is 1.97. The van der Waals surface area contributed by atoms with Crippen LogP contribution in [0.1, 0.15) is 15.9 Å². The van der Waals surface area contributed by atoms with Gasteiger partial charge in [0, 0.05) is 24.3 Å². The van der Waals surface area contributed by atoms with E-state index in [0.29, 0.717) is 17.8 Å². The Hall–Kier alpha value is -2.38. The number of benzene rings is 2. The van der Waals surface area contributed by atoms with E-state index in [9.17, 15) is 13.2 Å². The summed E-state index contributed by atoms with van der Waals surface area (Å²) in [5.74, 6) is -0.225. The van der Waals surface area contributed by atoms with Crippen molar-refractivity contribution in [3.05, 3.63) is 59.7 Å². The highest BCUT2D eigenvalue weighted by Gasteiger charge is 2.15. The number of sulfonamides is 1. The Kier molecular flexibility index (Phi) is 6.17. The Morgan fingerprint density at radius 1 is 1.00 bits per heavy atom. The van der Waals surface area contributed by atoms with E-state index in [1.54, 1.807) is 12.1 Å². The van der Waals surface area contributed by atoms with E-state index in [1.165, 1.54) is 24.3 Å². The zero-order chi connectivity index (χ0) is 18.4. The molecule has 1 amide bonds. The van der Waals surface area contributed by atoms with Gasteiger partial charge in [-0.2, -0.15) is 0 Å². The van der Waals surface area contributed by atoms with Gasteiger partial charge in [-0.15, -0.1) is 0 Å². The van der Waals surface area contributed by atoms with Gasteiger partial charge in [0.05, 0.1) is 4.90 Å². The first-order valence-corrected chi connectivity index (χ1v) is 9.39. The van der Waals surface area contributed by atoms with Crippen molar-refractivity contribution in [3.63, 3.8) is 0 Å². The van der Waals surface area contributed by atoms with Gasteiger partial charge < -0.3 is 10.2 Å². The van der Waals surface area contributed by atoms with Crippen molar-refractivity contribution in [2.45, 2.75) is 11.8 Å². The number of aryl methyl sites for hydroxylation is 1. The number of carbonyl (C=O) groups excluding carboxylic acids is 1. The van der Waals surface area contributed by atoms with Gasteiger partial charge in [0.15, 0.2) is 0 Å². The molecular formula is C18H23N3O3S. The topological polar surface area (TPSA) is 78.5 Å². The summed E-state index contributed by atoms with van der Waals surface area (Å²) in [7, 11) is 0.162. The summed E-state index contributed by atoms with van der Waals surface area (Å²) < 4.78 is 27.3. The Balaban J connectivity index is 2.05. The van der Waals surface area contributed by atoms with Crippen LogP contribution in [0, 0.1) is 6.92 Å². The summed E-state index contributed by atoms with van der Waals surface area (Å²) in [6.45, 7) is 3.19. The van der Waals surface area contributed by atoms with Crippen LogP contribution in [0.15, 0.2) is 53.4 Å². The minimum atomic E-state index is -3.69. The van der Waals surface area contributed by atoms with Crippen LogP contribution >= 0.6 is 0 Å². The molecule has 0 aliphatic carbocycles. The summed E-state index contributed by atoms with van der Waals surface area (Å²) in [4.78, 5) is 14.1. The molecule has 0 bridgehead atoms. The molecule has 2 rings (SSSR count). The zero-order valence-electron chi connectivity index (χ0n) is 14.6. The Bertz CT molecular complexity index is 814. The first-order valence-electron chi connectivity index (χ1n) is 7.90. The van der Waals surface area contributed by atoms with E-state index in [4.69, 9.17) is 0 Å². The second kappa shape index (κ2) is 8.13. The van der Waals surface area contributed by atoms with Crippen LogP contribution in [0.2, 0.25) is 0 Å². The van der Waals surface area contributed by atoms with Gasteiger partial charge in [-0.05, 0) is 57.4 Å². The molecule has 2 aromatic carbocycles. The lowest BCUT2D eigenvalue weighted by molar-refractivity contribution is 0.0951. The number of carbonyl (C=O) groups is 1. The smallest absolute Gasteiger partial charge is 0.261 e. The predicted octanol–water partition coefficient (Wildman–Crippen LogP) is 2.09. The number of rotatable bonds is 7. The molecule has 134 valence electrons. The Labute approximate surface area is 148 Å². The highest BCUT2D eigenvalue weighted by atomic mass is 32.2. The Morgan fingerprint density at radius 2 is 1.60 bits per heavy atom. The first-order chi connectivity index (χ1) is 11.8. The van der Waals surface area contributed by atoms with Crippen molar-refractivity contribution >= 4 is 21.6 Å². The highest BCUT2D eigenvalue weighted by molar-refractivity contribution is 7.92. The van der Waals surface area contributed by atoms with Crippen LogP contribution in [0.3, 0.4) is 0 Å². The molecular weight excluding hydrogens is 338 g/mol. The molecule has 7 heteroatoms. The van der Waals surface area contributed by atoms with Crippen LogP contribution in [0.4, 0.5) is 5.69 Å². The zero-order valence-corrected chi connectivity index (χ0v) is 15.4. The van der Waals surface area contributed by atoms with E-state index < -0.39 is 10.0 Å². The maximum Gasteiger partial charge on any atom is 0.261 e. The molecule has 0 radical (unpaired) electrons. The van der Waals surface area contributed by atoms with E-state index in [-0.39, 0.29) is 10.8 Å². The summed E-state index contributed by atoms with van der Waals surface area (Å²) in [6, 6.07) is 13.0. The van der Waals surface area contributed by atoms with E-state index in [0.717, 1.165) is 12.1 Å². The second-order valence-electron chi connectivity index (χ2n) is 6.06. The molecule has 0 fully saturated rings. The van der Waals surface area contributed by atoms with Crippen molar-refractivity contribution in [2.24, 2.45) is 0 Å². The van der Waals surface area contributed by atoms with Gasteiger partial charge in [0.25, 0.3) is 15.9 Å². The minimum absolute atomic E-state index is 0.109. The fourth-order valence-electron chi connectivity index (χ4n) is 2.12. The van der Waals surface area contributed by atoms with Crippen LogP contribution < -0.4 is 10.0 Å². The molecule has 0 aromatic heterocycles. The number of amides is 1. The third-order valence-electron chi connectivity index (χ3n) is 3.58. The molecule has 25 heavy (non-hydrogen) atoms. The lowest BCUT2D eigenvalue weighted by Crippen LogP contribution is -2.31. The maximum absolute atomic E-state index is 12.4. The average Bonchev–Trinajstić information content (AvgIpc) is 2.56. The fourth-order valence-corrected chi connectivity index (χ4v) is 3.17. The second-order valence-corrected chi connectivity index (χ2v) is 7.74. The number of nitrogens with zero attached hydrogens (tertiary/aromatic N) is 1. The molecule has 0 unspecified atom stereocenters. The summed E-state index contributed by atoms with van der Waals surface area (Å²) >= 11 is 0. The van der Waals surface area contributed by atoms with Gasteiger partial charge in [-0.1, -0.05) is 17.7 Å². The standard InChI is InChI=1S/C18H23N3O3S/c1-14-4-8-16(9-5-14)20-25(23,24)17-10-6-15(7-11-17)18(22)19-12-13-21(2)3/h4-11,20H,12-13H2,1-3H3,(H,19,22).